The first-order valence-electron chi connectivity index (χ1n) is 7.37. The first-order valence-corrected chi connectivity index (χ1v) is 7.37. The molecule has 1 N–H and O–H groups in total. The van der Waals surface area contributed by atoms with E-state index in [0.717, 1.165) is 0 Å². The molecular formula is C14H24F3NO. The Hall–Kier alpha value is -0.290. The van der Waals surface area contributed by atoms with Crippen molar-refractivity contribution in [1.29, 1.82) is 0 Å². The Morgan fingerprint density at radius 2 is 1.68 bits per heavy atom. The zero-order valence-corrected chi connectivity index (χ0v) is 11.4. The van der Waals surface area contributed by atoms with E-state index in [2.05, 4.69) is 10.1 Å². The largest absolute Gasteiger partial charge is 0.411 e. The van der Waals surface area contributed by atoms with Gasteiger partial charge in [0.2, 0.25) is 0 Å². The third-order valence-electron chi connectivity index (χ3n) is 4.66. The molecule has 0 aromatic rings. The lowest BCUT2D eigenvalue weighted by atomic mass is 9.71. The number of hydrogen-bond acceptors (Lipinski definition) is 2. The highest BCUT2D eigenvalue weighted by atomic mass is 19.4. The summed E-state index contributed by atoms with van der Waals surface area (Å²) in [6.45, 7) is -0.475. The highest BCUT2D eigenvalue weighted by molar-refractivity contribution is 4.91. The molecule has 2 aliphatic carbocycles. The number of nitrogens with one attached hydrogen (secondary N) is 1. The van der Waals surface area contributed by atoms with E-state index in [1.54, 1.807) is 0 Å². The molecule has 0 aromatic carbocycles. The zero-order chi connectivity index (χ0) is 13.8. The molecule has 19 heavy (non-hydrogen) atoms. The van der Waals surface area contributed by atoms with Crippen LogP contribution < -0.4 is 5.32 Å². The molecule has 0 aromatic heterocycles. The van der Waals surface area contributed by atoms with Gasteiger partial charge in [-0.1, -0.05) is 12.8 Å². The smallest absolute Gasteiger partial charge is 0.371 e. The van der Waals surface area contributed by atoms with Gasteiger partial charge in [-0.3, -0.25) is 0 Å². The molecule has 0 unspecified atom stereocenters. The van der Waals surface area contributed by atoms with Crippen molar-refractivity contribution in [1.82, 2.24) is 5.32 Å². The van der Waals surface area contributed by atoms with Crippen molar-refractivity contribution in [3.05, 3.63) is 0 Å². The number of halogens is 3. The van der Waals surface area contributed by atoms with Crippen molar-refractivity contribution in [2.24, 2.45) is 5.41 Å². The van der Waals surface area contributed by atoms with Crippen LogP contribution in [0.2, 0.25) is 0 Å². The monoisotopic (exact) mass is 279 g/mol. The van der Waals surface area contributed by atoms with Crippen molar-refractivity contribution >= 4 is 0 Å². The fourth-order valence-corrected chi connectivity index (χ4v) is 3.58. The van der Waals surface area contributed by atoms with Crippen molar-refractivity contribution < 1.29 is 17.9 Å². The van der Waals surface area contributed by atoms with E-state index in [-0.39, 0.29) is 6.61 Å². The SMILES string of the molecule is FC(F)(F)COCCNC1CCC2(CCCC2)CC1. The van der Waals surface area contributed by atoms with E-state index < -0.39 is 12.8 Å². The van der Waals surface area contributed by atoms with Crippen LogP contribution in [-0.4, -0.2) is 32.0 Å². The predicted molar refractivity (Wildman–Crippen MR) is 68.0 cm³/mol. The van der Waals surface area contributed by atoms with Crippen molar-refractivity contribution in [2.45, 2.75) is 63.6 Å². The van der Waals surface area contributed by atoms with Crippen LogP contribution in [0.15, 0.2) is 0 Å². The van der Waals surface area contributed by atoms with Gasteiger partial charge in [-0.25, -0.2) is 0 Å². The molecule has 0 radical (unpaired) electrons. The molecule has 5 heteroatoms. The minimum atomic E-state index is -4.21. The average Bonchev–Trinajstić information content (AvgIpc) is 2.79. The molecule has 2 saturated carbocycles. The average molecular weight is 279 g/mol. The van der Waals surface area contributed by atoms with E-state index in [1.807, 2.05) is 0 Å². The van der Waals surface area contributed by atoms with Gasteiger partial charge in [0.1, 0.15) is 6.61 Å². The second-order valence-corrected chi connectivity index (χ2v) is 6.10. The molecular weight excluding hydrogens is 255 g/mol. The summed E-state index contributed by atoms with van der Waals surface area (Å²) < 4.78 is 40.2. The van der Waals surface area contributed by atoms with Gasteiger partial charge in [-0.15, -0.1) is 0 Å². The van der Waals surface area contributed by atoms with Crippen molar-refractivity contribution in [2.75, 3.05) is 19.8 Å². The Kier molecular flexibility index (Phi) is 5.12. The molecule has 0 heterocycles. The number of alkyl halides is 3. The minimum absolute atomic E-state index is 0.140. The highest BCUT2D eigenvalue weighted by Crippen LogP contribution is 2.48. The first kappa shape index (κ1) is 15.1. The zero-order valence-electron chi connectivity index (χ0n) is 11.4. The van der Waals surface area contributed by atoms with Crippen LogP contribution in [0.25, 0.3) is 0 Å². The summed E-state index contributed by atoms with van der Waals surface area (Å²) in [7, 11) is 0. The van der Waals surface area contributed by atoms with Crippen LogP contribution in [0.5, 0.6) is 0 Å². The van der Waals surface area contributed by atoms with Gasteiger partial charge in [0.15, 0.2) is 0 Å². The molecule has 0 amide bonds. The second kappa shape index (κ2) is 6.44. The van der Waals surface area contributed by atoms with E-state index in [0.29, 0.717) is 18.0 Å². The Morgan fingerprint density at radius 3 is 2.26 bits per heavy atom. The maximum atomic E-state index is 11.9. The predicted octanol–water partition coefficient (Wildman–Crippen LogP) is 3.66. The quantitative estimate of drug-likeness (QED) is 0.775. The van der Waals surface area contributed by atoms with E-state index in [4.69, 9.17) is 0 Å². The molecule has 0 saturated heterocycles. The van der Waals surface area contributed by atoms with Crippen LogP contribution >= 0.6 is 0 Å². The topological polar surface area (TPSA) is 21.3 Å². The Balaban J connectivity index is 1.54. The summed E-state index contributed by atoms with van der Waals surface area (Å²) in [6, 6.07) is 0.473. The van der Waals surface area contributed by atoms with E-state index in [1.165, 1.54) is 51.4 Å². The summed E-state index contributed by atoms with van der Waals surface area (Å²) in [5.41, 5.74) is 0.616. The molecule has 2 fully saturated rings. The molecule has 2 aliphatic rings. The maximum Gasteiger partial charge on any atom is 0.411 e. The fraction of sp³-hybridized carbons (Fsp3) is 1.00. The van der Waals surface area contributed by atoms with Crippen LogP contribution in [-0.2, 0) is 4.74 Å². The second-order valence-electron chi connectivity index (χ2n) is 6.10. The fourth-order valence-electron chi connectivity index (χ4n) is 3.58. The Bertz CT molecular complexity index is 264. The summed E-state index contributed by atoms with van der Waals surface area (Å²) >= 11 is 0. The molecule has 2 rings (SSSR count). The van der Waals surface area contributed by atoms with Gasteiger partial charge in [-0.2, -0.15) is 13.2 Å². The summed E-state index contributed by atoms with van der Waals surface area (Å²) in [5, 5.41) is 3.32. The molecule has 0 aliphatic heterocycles. The summed E-state index contributed by atoms with van der Waals surface area (Å²) in [5.74, 6) is 0. The number of rotatable bonds is 5. The minimum Gasteiger partial charge on any atom is -0.371 e. The molecule has 0 bridgehead atoms. The highest BCUT2D eigenvalue weighted by Gasteiger charge is 2.37. The molecule has 0 atom stereocenters. The van der Waals surface area contributed by atoms with Gasteiger partial charge in [-0.05, 0) is 43.9 Å². The number of ether oxygens (including phenoxy) is 1. The van der Waals surface area contributed by atoms with Crippen LogP contribution in [0.4, 0.5) is 13.2 Å². The maximum absolute atomic E-state index is 11.9. The lowest BCUT2D eigenvalue weighted by Gasteiger charge is -2.37. The lowest BCUT2D eigenvalue weighted by Crippen LogP contribution is -2.38. The third kappa shape index (κ3) is 4.95. The number of hydrogen-bond donors (Lipinski definition) is 1. The molecule has 112 valence electrons. The van der Waals surface area contributed by atoms with Gasteiger partial charge in [0, 0.05) is 12.6 Å². The van der Waals surface area contributed by atoms with Crippen LogP contribution in [0, 0.1) is 5.41 Å². The summed E-state index contributed by atoms with van der Waals surface area (Å²) in [4.78, 5) is 0. The van der Waals surface area contributed by atoms with Crippen LogP contribution in [0.1, 0.15) is 51.4 Å². The van der Waals surface area contributed by atoms with Gasteiger partial charge < -0.3 is 10.1 Å². The van der Waals surface area contributed by atoms with Gasteiger partial charge in [0.25, 0.3) is 0 Å². The van der Waals surface area contributed by atoms with Crippen LogP contribution in [0.3, 0.4) is 0 Å². The van der Waals surface area contributed by atoms with E-state index >= 15 is 0 Å². The Morgan fingerprint density at radius 1 is 1.05 bits per heavy atom. The Labute approximate surface area is 113 Å². The van der Waals surface area contributed by atoms with E-state index in [9.17, 15) is 13.2 Å². The third-order valence-corrected chi connectivity index (χ3v) is 4.66. The lowest BCUT2D eigenvalue weighted by molar-refractivity contribution is -0.173. The first-order chi connectivity index (χ1) is 8.99. The molecule has 1 spiro atoms. The van der Waals surface area contributed by atoms with Crippen molar-refractivity contribution in [3.8, 4) is 0 Å². The normalized spacial score (nSPS) is 24.2. The van der Waals surface area contributed by atoms with Gasteiger partial charge >= 0.3 is 6.18 Å². The van der Waals surface area contributed by atoms with Crippen molar-refractivity contribution in [3.63, 3.8) is 0 Å². The standard InChI is InChI=1S/C14H24F3NO/c15-14(16,17)11-19-10-9-18-12-3-7-13(8-4-12)5-1-2-6-13/h12,18H,1-11H2. The summed E-state index contributed by atoms with van der Waals surface area (Å²) in [6.07, 6.45) is 6.22. The molecule has 2 nitrogen and oxygen atoms in total. The van der Waals surface area contributed by atoms with Gasteiger partial charge in [0.05, 0.1) is 6.61 Å².